The molecule has 0 heterocycles. The molecule has 1 aromatic carbocycles. The van der Waals surface area contributed by atoms with Gasteiger partial charge >= 0.3 is 0 Å². The van der Waals surface area contributed by atoms with Crippen LogP contribution in [0.15, 0.2) is 18.2 Å². The lowest BCUT2D eigenvalue weighted by Crippen LogP contribution is -2.13. The minimum absolute atomic E-state index is 0.0652. The summed E-state index contributed by atoms with van der Waals surface area (Å²) in [7, 11) is 0. The summed E-state index contributed by atoms with van der Waals surface area (Å²) in [4.78, 5) is 0. The third-order valence-electron chi connectivity index (χ3n) is 2.42. The zero-order valence-corrected chi connectivity index (χ0v) is 10.5. The lowest BCUT2D eigenvalue weighted by molar-refractivity contribution is 0.317. The number of nitriles is 1. The van der Waals surface area contributed by atoms with Crippen LogP contribution in [0.25, 0.3) is 0 Å². The highest BCUT2D eigenvalue weighted by atomic mass is 16.5. The van der Waals surface area contributed by atoms with Gasteiger partial charge in [0.1, 0.15) is 12.4 Å². The fourth-order valence-corrected chi connectivity index (χ4v) is 1.58. The van der Waals surface area contributed by atoms with Crippen molar-refractivity contribution in [2.24, 2.45) is 0 Å². The molecule has 2 heteroatoms. The standard InChI is InChI=1S/C14H19NO/c1-11-6-7-12(14(2,3)4)13(10-11)16-9-5-8-15/h6-7,10H,5,9H2,1-4H3. The van der Waals surface area contributed by atoms with Gasteiger partial charge < -0.3 is 4.74 Å². The SMILES string of the molecule is Cc1ccc(C(C)(C)C)c(OCCC#N)c1. The molecule has 0 radical (unpaired) electrons. The quantitative estimate of drug-likeness (QED) is 0.725. The van der Waals surface area contributed by atoms with Crippen LogP contribution in [0.4, 0.5) is 0 Å². The maximum Gasteiger partial charge on any atom is 0.123 e. The summed E-state index contributed by atoms with van der Waals surface area (Å²) in [5, 5.41) is 8.50. The molecule has 0 fully saturated rings. The fraction of sp³-hybridized carbons (Fsp3) is 0.500. The molecule has 0 amide bonds. The lowest BCUT2D eigenvalue weighted by atomic mass is 9.86. The van der Waals surface area contributed by atoms with Crippen molar-refractivity contribution < 1.29 is 4.74 Å². The molecule has 86 valence electrons. The molecule has 1 rings (SSSR count). The third kappa shape index (κ3) is 3.27. The van der Waals surface area contributed by atoms with Gasteiger partial charge in [0.05, 0.1) is 12.5 Å². The molecule has 2 nitrogen and oxygen atoms in total. The van der Waals surface area contributed by atoms with Crippen molar-refractivity contribution in [2.45, 2.75) is 39.5 Å². The van der Waals surface area contributed by atoms with Crippen LogP contribution < -0.4 is 4.74 Å². The summed E-state index contributed by atoms with van der Waals surface area (Å²) in [6.07, 6.45) is 0.428. The Hall–Kier alpha value is -1.49. The van der Waals surface area contributed by atoms with E-state index in [2.05, 4.69) is 39.0 Å². The second-order valence-electron chi connectivity index (χ2n) is 5.01. The first-order valence-electron chi connectivity index (χ1n) is 5.56. The fourth-order valence-electron chi connectivity index (χ4n) is 1.58. The van der Waals surface area contributed by atoms with Gasteiger partial charge in [0.15, 0.2) is 0 Å². The van der Waals surface area contributed by atoms with E-state index in [1.54, 1.807) is 0 Å². The van der Waals surface area contributed by atoms with Crippen LogP contribution in [0.2, 0.25) is 0 Å². The van der Waals surface area contributed by atoms with Crippen LogP contribution in [0.1, 0.15) is 38.3 Å². The second kappa shape index (κ2) is 5.03. The van der Waals surface area contributed by atoms with E-state index >= 15 is 0 Å². The van der Waals surface area contributed by atoms with Crippen LogP contribution in [0.3, 0.4) is 0 Å². The van der Waals surface area contributed by atoms with Gasteiger partial charge in [0.2, 0.25) is 0 Å². The van der Waals surface area contributed by atoms with Gasteiger partial charge in [-0.15, -0.1) is 0 Å². The van der Waals surface area contributed by atoms with Crippen LogP contribution in [-0.4, -0.2) is 6.61 Å². The smallest absolute Gasteiger partial charge is 0.123 e. The Bertz CT molecular complexity index is 396. The maximum atomic E-state index is 8.50. The minimum atomic E-state index is 0.0652. The number of ether oxygens (including phenoxy) is 1. The Balaban J connectivity index is 2.96. The number of aryl methyl sites for hydroxylation is 1. The van der Waals surface area contributed by atoms with Crippen molar-refractivity contribution >= 4 is 0 Å². The number of hydrogen-bond donors (Lipinski definition) is 0. The van der Waals surface area contributed by atoms with E-state index in [-0.39, 0.29) is 5.41 Å². The first-order valence-corrected chi connectivity index (χ1v) is 5.56. The molecular formula is C14H19NO. The van der Waals surface area contributed by atoms with E-state index in [1.165, 1.54) is 11.1 Å². The predicted octanol–water partition coefficient (Wildman–Crippen LogP) is 3.59. The zero-order valence-electron chi connectivity index (χ0n) is 10.5. The van der Waals surface area contributed by atoms with Crippen molar-refractivity contribution in [1.82, 2.24) is 0 Å². The Morgan fingerprint density at radius 2 is 2.00 bits per heavy atom. The zero-order chi connectivity index (χ0) is 12.2. The van der Waals surface area contributed by atoms with Gasteiger partial charge in [-0.05, 0) is 29.5 Å². The Kier molecular flexibility index (Phi) is 3.95. The van der Waals surface area contributed by atoms with Crippen molar-refractivity contribution in [3.63, 3.8) is 0 Å². The molecule has 0 aromatic heterocycles. The molecule has 0 unspecified atom stereocenters. The van der Waals surface area contributed by atoms with E-state index in [4.69, 9.17) is 10.00 Å². The largest absolute Gasteiger partial charge is 0.492 e. The normalized spacial score (nSPS) is 10.9. The topological polar surface area (TPSA) is 33.0 Å². The minimum Gasteiger partial charge on any atom is -0.492 e. The molecule has 0 N–H and O–H groups in total. The van der Waals surface area contributed by atoms with Gasteiger partial charge in [-0.25, -0.2) is 0 Å². The number of nitrogens with zero attached hydrogens (tertiary/aromatic N) is 1. The third-order valence-corrected chi connectivity index (χ3v) is 2.42. The highest BCUT2D eigenvalue weighted by Crippen LogP contribution is 2.32. The van der Waals surface area contributed by atoms with Gasteiger partial charge in [0, 0.05) is 0 Å². The Morgan fingerprint density at radius 1 is 1.31 bits per heavy atom. The number of benzene rings is 1. The van der Waals surface area contributed by atoms with E-state index in [0.29, 0.717) is 13.0 Å². The van der Waals surface area contributed by atoms with Crippen molar-refractivity contribution in [3.8, 4) is 11.8 Å². The summed E-state index contributed by atoms with van der Waals surface area (Å²) in [6.45, 7) is 8.99. The maximum absolute atomic E-state index is 8.50. The second-order valence-corrected chi connectivity index (χ2v) is 5.01. The van der Waals surface area contributed by atoms with E-state index in [0.717, 1.165) is 5.75 Å². The van der Waals surface area contributed by atoms with Gasteiger partial charge in [-0.3, -0.25) is 0 Å². The van der Waals surface area contributed by atoms with Crippen molar-refractivity contribution in [2.75, 3.05) is 6.61 Å². The molecule has 16 heavy (non-hydrogen) atoms. The molecule has 1 aromatic rings. The molecule has 0 aliphatic heterocycles. The summed E-state index contributed by atoms with van der Waals surface area (Å²) in [5.74, 6) is 0.905. The molecule has 0 atom stereocenters. The Morgan fingerprint density at radius 3 is 2.56 bits per heavy atom. The summed E-state index contributed by atoms with van der Waals surface area (Å²) >= 11 is 0. The van der Waals surface area contributed by atoms with Gasteiger partial charge in [-0.2, -0.15) is 5.26 Å². The summed E-state index contributed by atoms with van der Waals surface area (Å²) in [5.41, 5.74) is 2.44. The highest BCUT2D eigenvalue weighted by Gasteiger charge is 2.18. The summed E-state index contributed by atoms with van der Waals surface area (Å²) in [6, 6.07) is 8.33. The van der Waals surface area contributed by atoms with E-state index in [9.17, 15) is 0 Å². The van der Waals surface area contributed by atoms with Crippen molar-refractivity contribution in [1.29, 1.82) is 5.26 Å². The van der Waals surface area contributed by atoms with Crippen LogP contribution >= 0.6 is 0 Å². The van der Waals surface area contributed by atoms with Crippen LogP contribution in [0.5, 0.6) is 5.75 Å². The molecular weight excluding hydrogens is 198 g/mol. The highest BCUT2D eigenvalue weighted by molar-refractivity contribution is 5.41. The summed E-state index contributed by atoms with van der Waals surface area (Å²) < 4.78 is 5.66. The average Bonchev–Trinajstić information content (AvgIpc) is 2.16. The average molecular weight is 217 g/mol. The van der Waals surface area contributed by atoms with Crippen LogP contribution in [-0.2, 0) is 5.41 Å². The molecule has 0 aliphatic carbocycles. The van der Waals surface area contributed by atoms with Gasteiger partial charge in [0.25, 0.3) is 0 Å². The number of hydrogen-bond acceptors (Lipinski definition) is 2. The molecule has 0 aliphatic rings. The first-order chi connectivity index (χ1) is 7.45. The number of rotatable bonds is 3. The molecule has 0 saturated carbocycles. The monoisotopic (exact) mass is 217 g/mol. The first kappa shape index (κ1) is 12.6. The van der Waals surface area contributed by atoms with E-state index < -0.39 is 0 Å². The predicted molar refractivity (Wildman–Crippen MR) is 65.6 cm³/mol. The molecule has 0 spiro atoms. The lowest BCUT2D eigenvalue weighted by Gasteiger charge is -2.23. The van der Waals surface area contributed by atoms with Crippen LogP contribution in [0, 0.1) is 18.3 Å². The Labute approximate surface area is 97.9 Å². The molecule has 0 saturated heterocycles. The van der Waals surface area contributed by atoms with Crippen molar-refractivity contribution in [3.05, 3.63) is 29.3 Å². The molecule has 0 bridgehead atoms. The van der Waals surface area contributed by atoms with E-state index in [1.807, 2.05) is 13.0 Å². The van der Waals surface area contributed by atoms with Gasteiger partial charge in [-0.1, -0.05) is 32.9 Å².